The van der Waals surface area contributed by atoms with Crippen LogP contribution >= 0.6 is 0 Å². The first kappa shape index (κ1) is 14.0. The van der Waals surface area contributed by atoms with Gasteiger partial charge in [0.25, 0.3) is 5.91 Å². The Labute approximate surface area is 114 Å². The molecule has 4 nitrogen and oxygen atoms in total. The molecule has 1 aliphatic heterocycles. The number of nitrogens with zero attached hydrogens (tertiary/aromatic N) is 1. The summed E-state index contributed by atoms with van der Waals surface area (Å²) in [7, 11) is 0. The van der Waals surface area contributed by atoms with Crippen LogP contribution in [0.4, 0.5) is 0 Å². The lowest BCUT2D eigenvalue weighted by Crippen LogP contribution is -2.45. The van der Waals surface area contributed by atoms with Gasteiger partial charge in [-0.1, -0.05) is 12.1 Å². The van der Waals surface area contributed by atoms with E-state index in [4.69, 9.17) is 5.73 Å². The molecule has 2 rings (SSSR count). The van der Waals surface area contributed by atoms with Gasteiger partial charge < -0.3 is 15.7 Å². The Hall–Kier alpha value is -1.39. The Morgan fingerprint density at radius 1 is 1.32 bits per heavy atom. The maximum absolute atomic E-state index is 12.4. The van der Waals surface area contributed by atoms with Gasteiger partial charge in [-0.3, -0.25) is 4.79 Å². The summed E-state index contributed by atoms with van der Waals surface area (Å²) in [6.07, 6.45) is 3.84. The fourth-order valence-electron chi connectivity index (χ4n) is 2.60. The van der Waals surface area contributed by atoms with Gasteiger partial charge in [-0.25, -0.2) is 0 Å². The van der Waals surface area contributed by atoms with Crippen molar-refractivity contribution < 1.29 is 9.90 Å². The summed E-state index contributed by atoms with van der Waals surface area (Å²) in [6.45, 7) is 1.41. The fourth-order valence-corrected chi connectivity index (χ4v) is 2.60. The fraction of sp³-hybridized carbons (Fsp3) is 0.533. The van der Waals surface area contributed by atoms with Crippen molar-refractivity contribution in [2.75, 3.05) is 19.7 Å². The molecule has 1 heterocycles. The second-order valence-corrected chi connectivity index (χ2v) is 5.07. The number of likely N-dealkylation sites (tertiary alicyclic amines) is 1. The molecule has 1 unspecified atom stereocenters. The monoisotopic (exact) mass is 262 g/mol. The van der Waals surface area contributed by atoms with Crippen LogP contribution in [0, 0.1) is 0 Å². The van der Waals surface area contributed by atoms with Gasteiger partial charge in [-0.15, -0.1) is 0 Å². The Balaban J connectivity index is 2.09. The van der Waals surface area contributed by atoms with E-state index in [9.17, 15) is 9.90 Å². The van der Waals surface area contributed by atoms with Crippen molar-refractivity contribution in [2.45, 2.75) is 31.7 Å². The SMILES string of the molecule is NCCc1ccc(C(=O)N2CCCCC2CO)cc1. The smallest absolute Gasteiger partial charge is 0.254 e. The first-order chi connectivity index (χ1) is 9.26. The number of piperidine rings is 1. The minimum atomic E-state index is -0.0232. The van der Waals surface area contributed by atoms with Gasteiger partial charge >= 0.3 is 0 Å². The average molecular weight is 262 g/mol. The van der Waals surface area contributed by atoms with E-state index in [-0.39, 0.29) is 18.6 Å². The minimum Gasteiger partial charge on any atom is -0.394 e. The third-order valence-electron chi connectivity index (χ3n) is 3.73. The van der Waals surface area contributed by atoms with Crippen LogP contribution in [-0.4, -0.2) is 41.7 Å². The molecule has 1 aliphatic rings. The summed E-state index contributed by atoms with van der Waals surface area (Å²) in [5.41, 5.74) is 7.35. The Bertz CT molecular complexity index is 417. The van der Waals surface area contributed by atoms with Crippen LogP contribution in [-0.2, 0) is 6.42 Å². The van der Waals surface area contributed by atoms with Crippen molar-refractivity contribution in [3.05, 3.63) is 35.4 Å². The molecule has 0 aliphatic carbocycles. The number of aliphatic hydroxyl groups is 1. The highest BCUT2D eigenvalue weighted by Gasteiger charge is 2.26. The second-order valence-electron chi connectivity index (χ2n) is 5.07. The summed E-state index contributed by atoms with van der Waals surface area (Å²) in [5, 5.41) is 9.36. The molecule has 1 saturated heterocycles. The normalized spacial score (nSPS) is 19.5. The first-order valence-corrected chi connectivity index (χ1v) is 6.97. The highest BCUT2D eigenvalue weighted by atomic mass is 16.3. The molecular weight excluding hydrogens is 240 g/mol. The van der Waals surface area contributed by atoms with E-state index >= 15 is 0 Å². The lowest BCUT2D eigenvalue weighted by atomic mass is 10.0. The third kappa shape index (κ3) is 3.33. The van der Waals surface area contributed by atoms with Crippen molar-refractivity contribution in [2.24, 2.45) is 5.73 Å². The van der Waals surface area contributed by atoms with E-state index in [0.717, 1.165) is 37.8 Å². The maximum Gasteiger partial charge on any atom is 0.254 e. The van der Waals surface area contributed by atoms with E-state index in [1.54, 1.807) is 4.90 Å². The molecule has 1 fully saturated rings. The van der Waals surface area contributed by atoms with Gasteiger partial charge in [0.1, 0.15) is 0 Å². The number of carbonyl (C=O) groups is 1. The van der Waals surface area contributed by atoms with Gasteiger partial charge in [0.2, 0.25) is 0 Å². The molecule has 0 radical (unpaired) electrons. The second kappa shape index (κ2) is 6.68. The molecule has 19 heavy (non-hydrogen) atoms. The van der Waals surface area contributed by atoms with Gasteiger partial charge in [-0.05, 0) is 49.9 Å². The van der Waals surface area contributed by atoms with Crippen LogP contribution in [0.25, 0.3) is 0 Å². The van der Waals surface area contributed by atoms with Crippen molar-refractivity contribution in [1.29, 1.82) is 0 Å². The molecule has 0 saturated carbocycles. The number of amides is 1. The zero-order valence-electron chi connectivity index (χ0n) is 11.2. The maximum atomic E-state index is 12.4. The highest BCUT2D eigenvalue weighted by molar-refractivity contribution is 5.94. The molecule has 0 spiro atoms. The topological polar surface area (TPSA) is 66.6 Å². The van der Waals surface area contributed by atoms with E-state index in [0.29, 0.717) is 12.1 Å². The lowest BCUT2D eigenvalue weighted by Gasteiger charge is -2.34. The predicted octanol–water partition coefficient (Wildman–Crippen LogP) is 1.17. The minimum absolute atomic E-state index is 0.0232. The van der Waals surface area contributed by atoms with Gasteiger partial charge in [0.05, 0.1) is 12.6 Å². The van der Waals surface area contributed by atoms with E-state index in [1.165, 1.54) is 0 Å². The van der Waals surface area contributed by atoms with Crippen molar-refractivity contribution in [1.82, 2.24) is 4.90 Å². The summed E-state index contributed by atoms with van der Waals surface area (Å²) in [4.78, 5) is 14.2. The zero-order chi connectivity index (χ0) is 13.7. The summed E-state index contributed by atoms with van der Waals surface area (Å²) in [6, 6.07) is 7.60. The Morgan fingerprint density at radius 3 is 2.68 bits per heavy atom. The van der Waals surface area contributed by atoms with Gasteiger partial charge in [0, 0.05) is 12.1 Å². The van der Waals surface area contributed by atoms with Crippen LogP contribution in [0.5, 0.6) is 0 Å². The van der Waals surface area contributed by atoms with Crippen molar-refractivity contribution >= 4 is 5.91 Å². The molecule has 1 amide bonds. The van der Waals surface area contributed by atoms with Crippen molar-refractivity contribution in [3.8, 4) is 0 Å². The quantitative estimate of drug-likeness (QED) is 0.856. The van der Waals surface area contributed by atoms with Gasteiger partial charge in [-0.2, -0.15) is 0 Å². The third-order valence-corrected chi connectivity index (χ3v) is 3.73. The zero-order valence-corrected chi connectivity index (χ0v) is 11.2. The highest BCUT2D eigenvalue weighted by Crippen LogP contribution is 2.19. The summed E-state index contributed by atoms with van der Waals surface area (Å²) in [5.74, 6) is 0.0260. The van der Waals surface area contributed by atoms with E-state index in [1.807, 2.05) is 24.3 Å². The number of nitrogens with two attached hydrogens (primary N) is 1. The molecule has 1 aromatic rings. The number of rotatable bonds is 4. The molecule has 0 bridgehead atoms. The Morgan fingerprint density at radius 2 is 2.05 bits per heavy atom. The molecular formula is C15H22N2O2. The number of benzene rings is 1. The average Bonchev–Trinajstić information content (AvgIpc) is 2.47. The van der Waals surface area contributed by atoms with Crippen molar-refractivity contribution in [3.63, 3.8) is 0 Å². The lowest BCUT2D eigenvalue weighted by molar-refractivity contribution is 0.0503. The molecule has 104 valence electrons. The van der Waals surface area contributed by atoms with E-state index < -0.39 is 0 Å². The number of hydrogen-bond acceptors (Lipinski definition) is 3. The molecule has 3 N–H and O–H groups in total. The number of aliphatic hydroxyl groups excluding tert-OH is 1. The molecule has 1 aromatic carbocycles. The van der Waals surface area contributed by atoms with Crippen LogP contribution in [0.1, 0.15) is 35.2 Å². The van der Waals surface area contributed by atoms with E-state index in [2.05, 4.69) is 0 Å². The van der Waals surface area contributed by atoms with Crippen LogP contribution in [0.15, 0.2) is 24.3 Å². The number of carbonyl (C=O) groups excluding carboxylic acids is 1. The summed E-state index contributed by atoms with van der Waals surface area (Å²) >= 11 is 0. The molecule has 4 heteroatoms. The predicted molar refractivity (Wildman–Crippen MR) is 75.0 cm³/mol. The molecule has 1 atom stereocenters. The van der Waals surface area contributed by atoms with Crippen LogP contribution < -0.4 is 5.73 Å². The standard InChI is InChI=1S/C15H22N2O2/c16-9-8-12-4-6-13(7-5-12)15(19)17-10-2-1-3-14(17)11-18/h4-7,14,18H,1-3,8-11,16H2. The largest absolute Gasteiger partial charge is 0.394 e. The summed E-state index contributed by atoms with van der Waals surface area (Å²) < 4.78 is 0. The van der Waals surface area contributed by atoms with Crippen LogP contribution in [0.3, 0.4) is 0 Å². The van der Waals surface area contributed by atoms with Crippen LogP contribution in [0.2, 0.25) is 0 Å². The molecule has 0 aromatic heterocycles. The van der Waals surface area contributed by atoms with Gasteiger partial charge in [0.15, 0.2) is 0 Å². The first-order valence-electron chi connectivity index (χ1n) is 6.97. The number of hydrogen-bond donors (Lipinski definition) is 2. The Kier molecular flexibility index (Phi) is 4.93.